The summed E-state index contributed by atoms with van der Waals surface area (Å²) in [6, 6.07) is 4.07. The molecular weight excluding hydrogens is 384 g/mol. The first-order valence-corrected chi connectivity index (χ1v) is 8.35. The lowest BCUT2D eigenvalue weighted by Gasteiger charge is -2.16. The minimum absolute atomic E-state index is 0.0422. The normalized spacial score (nSPS) is 10.7. The van der Waals surface area contributed by atoms with E-state index >= 15 is 0 Å². The fourth-order valence-electron chi connectivity index (χ4n) is 3.09. The number of phenolic OH excluding ortho intramolecular Hbond substituents is 2. The molecule has 0 atom stereocenters. The number of rotatable bonds is 6. The van der Waals surface area contributed by atoms with Gasteiger partial charge in [0.2, 0.25) is 23.0 Å². The van der Waals surface area contributed by atoms with Crippen molar-refractivity contribution in [2.75, 3.05) is 35.5 Å². The standard InChI is InChI=1S/C20H20O9/c1-24-13-7-9(6-11(22)16(13)25-2)12-8-10(21)14-15(23)18(26-3)20(28-5)19(27-4)17(14)29-12/h6-8,22-23H,1-5H3. The molecule has 3 rings (SSSR count). The van der Waals surface area contributed by atoms with Gasteiger partial charge in [0, 0.05) is 11.6 Å². The summed E-state index contributed by atoms with van der Waals surface area (Å²) in [6.45, 7) is 0. The van der Waals surface area contributed by atoms with E-state index < -0.39 is 11.2 Å². The van der Waals surface area contributed by atoms with Crippen molar-refractivity contribution < 1.29 is 38.3 Å². The van der Waals surface area contributed by atoms with E-state index in [1.165, 1.54) is 53.7 Å². The number of ether oxygens (including phenoxy) is 5. The van der Waals surface area contributed by atoms with Gasteiger partial charge < -0.3 is 38.3 Å². The van der Waals surface area contributed by atoms with Crippen molar-refractivity contribution in [1.82, 2.24) is 0 Å². The first-order chi connectivity index (χ1) is 13.9. The smallest absolute Gasteiger partial charge is 0.211 e. The maximum absolute atomic E-state index is 12.8. The van der Waals surface area contributed by atoms with E-state index in [1.807, 2.05) is 0 Å². The van der Waals surface area contributed by atoms with E-state index in [9.17, 15) is 15.0 Å². The predicted octanol–water partition coefficient (Wildman–Crippen LogP) is 2.91. The highest BCUT2D eigenvalue weighted by molar-refractivity contribution is 5.95. The first kappa shape index (κ1) is 20.0. The Morgan fingerprint density at radius 1 is 0.759 bits per heavy atom. The van der Waals surface area contributed by atoms with E-state index in [1.54, 1.807) is 0 Å². The molecule has 0 aliphatic heterocycles. The number of hydrogen-bond donors (Lipinski definition) is 2. The molecule has 0 radical (unpaired) electrons. The molecule has 2 N–H and O–H groups in total. The van der Waals surface area contributed by atoms with Gasteiger partial charge in [0.1, 0.15) is 11.1 Å². The van der Waals surface area contributed by atoms with Crippen molar-refractivity contribution in [2.45, 2.75) is 0 Å². The second-order valence-electron chi connectivity index (χ2n) is 5.86. The summed E-state index contributed by atoms with van der Waals surface area (Å²) in [6.07, 6.45) is 0. The Bertz CT molecular complexity index is 1130. The number of aromatic hydroxyl groups is 2. The van der Waals surface area contributed by atoms with Gasteiger partial charge in [0.25, 0.3) is 0 Å². The van der Waals surface area contributed by atoms with Gasteiger partial charge in [-0.05, 0) is 12.1 Å². The zero-order chi connectivity index (χ0) is 21.3. The molecule has 0 aliphatic carbocycles. The molecule has 1 heterocycles. The van der Waals surface area contributed by atoms with Crippen LogP contribution in [0.5, 0.6) is 40.2 Å². The molecule has 0 bridgehead atoms. The molecule has 0 unspecified atom stereocenters. The number of methoxy groups -OCH3 is 5. The van der Waals surface area contributed by atoms with Crippen LogP contribution in [0.1, 0.15) is 0 Å². The first-order valence-electron chi connectivity index (χ1n) is 8.35. The second kappa shape index (κ2) is 7.70. The molecule has 0 saturated carbocycles. The van der Waals surface area contributed by atoms with E-state index in [-0.39, 0.29) is 51.2 Å². The fraction of sp³-hybridized carbons (Fsp3) is 0.250. The third-order valence-corrected chi connectivity index (χ3v) is 4.37. The van der Waals surface area contributed by atoms with Crippen molar-refractivity contribution in [3.8, 4) is 51.6 Å². The van der Waals surface area contributed by atoms with Crippen LogP contribution in [-0.4, -0.2) is 45.8 Å². The van der Waals surface area contributed by atoms with Gasteiger partial charge in [-0.1, -0.05) is 0 Å². The van der Waals surface area contributed by atoms with Crippen LogP contribution in [-0.2, 0) is 0 Å². The highest BCUT2D eigenvalue weighted by atomic mass is 16.5. The van der Waals surface area contributed by atoms with Crippen LogP contribution in [0.4, 0.5) is 0 Å². The average molecular weight is 404 g/mol. The maximum atomic E-state index is 12.8. The molecule has 154 valence electrons. The molecule has 9 nitrogen and oxygen atoms in total. The van der Waals surface area contributed by atoms with Gasteiger partial charge in [-0.3, -0.25) is 4.79 Å². The van der Waals surface area contributed by atoms with E-state index in [0.717, 1.165) is 0 Å². The number of benzene rings is 2. The molecule has 0 aliphatic rings. The van der Waals surface area contributed by atoms with Gasteiger partial charge in [0.15, 0.2) is 28.3 Å². The third kappa shape index (κ3) is 3.10. The maximum Gasteiger partial charge on any atom is 0.211 e. The van der Waals surface area contributed by atoms with E-state index in [4.69, 9.17) is 28.1 Å². The van der Waals surface area contributed by atoms with E-state index in [0.29, 0.717) is 5.56 Å². The van der Waals surface area contributed by atoms with Crippen LogP contribution in [0.2, 0.25) is 0 Å². The molecule has 9 heteroatoms. The monoisotopic (exact) mass is 404 g/mol. The molecule has 29 heavy (non-hydrogen) atoms. The minimum atomic E-state index is -0.549. The lowest BCUT2D eigenvalue weighted by molar-refractivity contribution is 0.311. The Balaban J connectivity index is 2.39. The highest BCUT2D eigenvalue weighted by Gasteiger charge is 2.26. The summed E-state index contributed by atoms with van der Waals surface area (Å²) >= 11 is 0. The van der Waals surface area contributed by atoms with Crippen LogP contribution < -0.4 is 29.1 Å². The lowest BCUT2D eigenvalue weighted by Crippen LogP contribution is -2.05. The SMILES string of the molecule is COc1cc(-c2cc(=O)c3c(O)c(OC)c(OC)c(OC)c3o2)cc(O)c1OC. The summed E-state index contributed by atoms with van der Waals surface area (Å²) in [7, 11) is 6.85. The van der Waals surface area contributed by atoms with Crippen molar-refractivity contribution in [2.24, 2.45) is 0 Å². The topological polar surface area (TPSA) is 117 Å². The summed E-state index contributed by atoms with van der Waals surface area (Å²) < 4.78 is 32.0. The molecule has 0 amide bonds. The Hall–Kier alpha value is -3.75. The predicted molar refractivity (Wildman–Crippen MR) is 104 cm³/mol. The quantitative estimate of drug-likeness (QED) is 0.639. The zero-order valence-electron chi connectivity index (χ0n) is 16.5. The van der Waals surface area contributed by atoms with Gasteiger partial charge >= 0.3 is 0 Å². The molecule has 0 spiro atoms. The van der Waals surface area contributed by atoms with Crippen molar-refractivity contribution in [3.05, 3.63) is 28.4 Å². The lowest BCUT2D eigenvalue weighted by atomic mass is 10.1. The number of phenols is 2. The molecule has 0 saturated heterocycles. The Morgan fingerprint density at radius 3 is 1.93 bits per heavy atom. The second-order valence-corrected chi connectivity index (χ2v) is 5.86. The Kier molecular flexibility index (Phi) is 5.31. The Morgan fingerprint density at radius 2 is 1.38 bits per heavy atom. The van der Waals surface area contributed by atoms with Crippen LogP contribution in [0, 0.1) is 0 Å². The third-order valence-electron chi connectivity index (χ3n) is 4.37. The molecular formula is C20H20O9. The summed E-state index contributed by atoms with van der Waals surface area (Å²) in [5.74, 6) is -0.0729. The largest absolute Gasteiger partial charge is 0.504 e. The number of hydrogen-bond acceptors (Lipinski definition) is 9. The average Bonchev–Trinajstić information content (AvgIpc) is 2.72. The van der Waals surface area contributed by atoms with Crippen LogP contribution in [0.15, 0.2) is 27.4 Å². The van der Waals surface area contributed by atoms with Gasteiger partial charge in [0.05, 0.1) is 35.5 Å². The fourth-order valence-corrected chi connectivity index (χ4v) is 3.09. The van der Waals surface area contributed by atoms with Crippen LogP contribution in [0.25, 0.3) is 22.3 Å². The molecule has 3 aromatic rings. The molecule has 1 aromatic heterocycles. The summed E-state index contributed by atoms with van der Waals surface area (Å²) in [5, 5.41) is 20.6. The van der Waals surface area contributed by atoms with Crippen molar-refractivity contribution >= 4 is 11.0 Å². The highest BCUT2D eigenvalue weighted by Crippen LogP contribution is 2.50. The van der Waals surface area contributed by atoms with E-state index in [2.05, 4.69) is 0 Å². The van der Waals surface area contributed by atoms with Gasteiger partial charge in [-0.15, -0.1) is 0 Å². The van der Waals surface area contributed by atoms with Crippen molar-refractivity contribution in [3.63, 3.8) is 0 Å². The van der Waals surface area contributed by atoms with Gasteiger partial charge in [-0.25, -0.2) is 0 Å². The molecule has 0 fully saturated rings. The Labute approximate surface area is 165 Å². The van der Waals surface area contributed by atoms with Gasteiger partial charge in [-0.2, -0.15) is 0 Å². The van der Waals surface area contributed by atoms with Crippen molar-refractivity contribution in [1.29, 1.82) is 0 Å². The zero-order valence-corrected chi connectivity index (χ0v) is 16.5. The van der Waals surface area contributed by atoms with Crippen LogP contribution >= 0.6 is 0 Å². The summed E-state index contributed by atoms with van der Waals surface area (Å²) in [5.41, 5.74) is -0.248. The van der Waals surface area contributed by atoms with Crippen LogP contribution in [0.3, 0.4) is 0 Å². The summed E-state index contributed by atoms with van der Waals surface area (Å²) in [4.78, 5) is 12.8. The number of fused-ring (bicyclic) bond motifs is 1. The minimum Gasteiger partial charge on any atom is -0.504 e. The molecule has 2 aromatic carbocycles.